The van der Waals surface area contributed by atoms with Gasteiger partial charge in [-0.2, -0.15) is 0 Å². The lowest BCUT2D eigenvalue weighted by atomic mass is 9.77. The molecule has 0 bridgehead atoms. The van der Waals surface area contributed by atoms with Crippen LogP contribution in [0.3, 0.4) is 0 Å². The number of hydrogen-bond acceptors (Lipinski definition) is 2. The zero-order valence-corrected chi connectivity index (χ0v) is 10.5. The van der Waals surface area contributed by atoms with Gasteiger partial charge in [0, 0.05) is 18.5 Å². The Bertz CT molecular complexity index is 236. The van der Waals surface area contributed by atoms with E-state index in [2.05, 4.69) is 50.5 Å². The molecule has 2 N–H and O–H groups in total. The number of allylic oxidation sites excluding steroid dienone is 2. The maximum atomic E-state index is 3.48. The molecule has 0 saturated heterocycles. The molecule has 1 aliphatic rings. The Kier molecular flexibility index (Phi) is 4.55. The predicted octanol–water partition coefficient (Wildman–Crippen LogP) is 2.10. The lowest BCUT2D eigenvalue weighted by Gasteiger charge is -2.34. The highest BCUT2D eigenvalue weighted by molar-refractivity contribution is 5.40. The normalized spacial score (nSPS) is 18.9. The molecule has 0 aromatic heterocycles. The van der Waals surface area contributed by atoms with Gasteiger partial charge in [0.2, 0.25) is 0 Å². The molecule has 0 amide bonds. The maximum absolute atomic E-state index is 3.48. The second-order valence-corrected chi connectivity index (χ2v) is 4.34. The molecule has 2 nitrogen and oxygen atoms in total. The molecular formula is C13H24N2. The van der Waals surface area contributed by atoms with Crippen LogP contribution >= 0.6 is 0 Å². The van der Waals surface area contributed by atoms with E-state index in [1.165, 1.54) is 11.1 Å². The highest BCUT2D eigenvalue weighted by atomic mass is 14.9. The van der Waals surface area contributed by atoms with Gasteiger partial charge in [0.25, 0.3) is 0 Å². The number of hydrogen-bond donors (Lipinski definition) is 2. The van der Waals surface area contributed by atoms with Gasteiger partial charge in [-0.05, 0) is 26.9 Å². The topological polar surface area (TPSA) is 24.1 Å². The molecule has 0 aliphatic heterocycles. The fourth-order valence-electron chi connectivity index (χ4n) is 2.18. The molecule has 86 valence electrons. The quantitative estimate of drug-likeness (QED) is 0.698. The molecule has 0 aromatic rings. The second kappa shape index (κ2) is 5.47. The zero-order chi connectivity index (χ0) is 11.3. The van der Waals surface area contributed by atoms with Crippen LogP contribution in [0.2, 0.25) is 0 Å². The van der Waals surface area contributed by atoms with Crippen LogP contribution in [0.15, 0.2) is 23.3 Å². The minimum Gasteiger partial charge on any atom is -0.316 e. The summed E-state index contributed by atoms with van der Waals surface area (Å²) in [5, 5.41) is 6.96. The van der Waals surface area contributed by atoms with Crippen molar-refractivity contribution in [2.45, 2.75) is 27.7 Å². The Hall–Kier alpha value is -0.600. The Morgan fingerprint density at radius 2 is 1.33 bits per heavy atom. The summed E-state index contributed by atoms with van der Waals surface area (Å²) >= 11 is 0. The first-order valence-electron chi connectivity index (χ1n) is 5.95. The molecule has 15 heavy (non-hydrogen) atoms. The van der Waals surface area contributed by atoms with Gasteiger partial charge in [-0.15, -0.1) is 0 Å². The molecule has 0 heterocycles. The third-order valence-corrected chi connectivity index (χ3v) is 3.45. The summed E-state index contributed by atoms with van der Waals surface area (Å²) in [5.74, 6) is 0. The molecule has 1 aliphatic carbocycles. The Balaban J connectivity index is 2.76. The van der Waals surface area contributed by atoms with Crippen molar-refractivity contribution >= 4 is 0 Å². The van der Waals surface area contributed by atoms with Crippen molar-refractivity contribution in [1.82, 2.24) is 10.6 Å². The lowest BCUT2D eigenvalue weighted by molar-refractivity contribution is 0.382. The summed E-state index contributed by atoms with van der Waals surface area (Å²) in [6.45, 7) is 13.0. The minimum absolute atomic E-state index is 0.214. The predicted molar refractivity (Wildman–Crippen MR) is 67.0 cm³/mol. The van der Waals surface area contributed by atoms with Crippen LogP contribution < -0.4 is 10.6 Å². The standard InChI is InChI=1S/C13H24N2/c1-5-14-9-13(10-15-6-2)11(3)7-8-12(13)4/h7-8,14-15H,5-6,9-10H2,1-4H3. The van der Waals surface area contributed by atoms with Crippen molar-refractivity contribution in [3.63, 3.8) is 0 Å². The van der Waals surface area contributed by atoms with Crippen LogP contribution in [-0.4, -0.2) is 26.2 Å². The Morgan fingerprint density at radius 3 is 1.67 bits per heavy atom. The maximum Gasteiger partial charge on any atom is 0.0370 e. The first-order valence-corrected chi connectivity index (χ1v) is 5.95. The van der Waals surface area contributed by atoms with E-state index in [1.807, 2.05) is 0 Å². The summed E-state index contributed by atoms with van der Waals surface area (Å²) < 4.78 is 0. The van der Waals surface area contributed by atoms with Crippen molar-refractivity contribution < 1.29 is 0 Å². The number of rotatable bonds is 6. The first kappa shape index (κ1) is 12.5. The lowest BCUT2D eigenvalue weighted by Crippen LogP contribution is -2.43. The van der Waals surface area contributed by atoms with Gasteiger partial charge in [-0.25, -0.2) is 0 Å². The monoisotopic (exact) mass is 208 g/mol. The molecule has 2 heteroatoms. The smallest absolute Gasteiger partial charge is 0.0370 e. The van der Waals surface area contributed by atoms with Gasteiger partial charge >= 0.3 is 0 Å². The summed E-state index contributed by atoms with van der Waals surface area (Å²) in [6.07, 6.45) is 4.51. The van der Waals surface area contributed by atoms with Crippen molar-refractivity contribution in [2.24, 2.45) is 5.41 Å². The van der Waals surface area contributed by atoms with E-state index in [1.54, 1.807) is 0 Å². The third-order valence-electron chi connectivity index (χ3n) is 3.45. The highest BCUT2D eigenvalue weighted by Crippen LogP contribution is 2.38. The van der Waals surface area contributed by atoms with Gasteiger partial charge in [-0.1, -0.05) is 37.1 Å². The van der Waals surface area contributed by atoms with Crippen LogP contribution in [0.4, 0.5) is 0 Å². The van der Waals surface area contributed by atoms with Crippen LogP contribution in [0, 0.1) is 5.41 Å². The summed E-state index contributed by atoms with van der Waals surface area (Å²) in [7, 11) is 0. The molecule has 0 fully saturated rings. The molecule has 0 radical (unpaired) electrons. The van der Waals surface area contributed by atoms with E-state index in [4.69, 9.17) is 0 Å². The van der Waals surface area contributed by atoms with Crippen LogP contribution in [-0.2, 0) is 0 Å². The zero-order valence-electron chi connectivity index (χ0n) is 10.5. The first-order chi connectivity index (χ1) is 7.17. The molecule has 0 spiro atoms. The summed E-state index contributed by atoms with van der Waals surface area (Å²) in [6, 6.07) is 0. The Labute approximate surface area is 93.8 Å². The van der Waals surface area contributed by atoms with Crippen molar-refractivity contribution in [3.8, 4) is 0 Å². The van der Waals surface area contributed by atoms with Gasteiger partial charge in [0.15, 0.2) is 0 Å². The second-order valence-electron chi connectivity index (χ2n) is 4.34. The molecular weight excluding hydrogens is 184 g/mol. The van der Waals surface area contributed by atoms with E-state index in [-0.39, 0.29) is 5.41 Å². The van der Waals surface area contributed by atoms with Crippen molar-refractivity contribution in [2.75, 3.05) is 26.2 Å². The fourth-order valence-corrected chi connectivity index (χ4v) is 2.18. The summed E-state index contributed by atoms with van der Waals surface area (Å²) in [4.78, 5) is 0. The van der Waals surface area contributed by atoms with Crippen molar-refractivity contribution in [1.29, 1.82) is 0 Å². The van der Waals surface area contributed by atoms with Gasteiger partial charge in [0.05, 0.1) is 0 Å². The third kappa shape index (κ3) is 2.50. The molecule has 0 unspecified atom stereocenters. The van der Waals surface area contributed by atoms with Crippen LogP contribution in [0.1, 0.15) is 27.7 Å². The Morgan fingerprint density at radius 1 is 0.933 bits per heavy atom. The van der Waals surface area contributed by atoms with E-state index >= 15 is 0 Å². The van der Waals surface area contributed by atoms with E-state index < -0.39 is 0 Å². The molecule has 1 rings (SSSR count). The minimum atomic E-state index is 0.214. The average molecular weight is 208 g/mol. The highest BCUT2D eigenvalue weighted by Gasteiger charge is 2.35. The molecule has 0 aromatic carbocycles. The number of nitrogens with one attached hydrogen (secondary N) is 2. The van der Waals surface area contributed by atoms with Crippen LogP contribution in [0.25, 0.3) is 0 Å². The van der Waals surface area contributed by atoms with Gasteiger partial charge in [-0.3, -0.25) is 0 Å². The SMILES string of the molecule is CCNCC1(CNCC)C(C)=CC=C1C. The van der Waals surface area contributed by atoms with Crippen LogP contribution in [0.5, 0.6) is 0 Å². The van der Waals surface area contributed by atoms with Gasteiger partial charge in [0.1, 0.15) is 0 Å². The fraction of sp³-hybridized carbons (Fsp3) is 0.692. The molecule has 0 saturated carbocycles. The molecule has 0 atom stereocenters. The largest absolute Gasteiger partial charge is 0.316 e. The van der Waals surface area contributed by atoms with E-state index in [0.717, 1.165) is 26.2 Å². The van der Waals surface area contributed by atoms with Crippen molar-refractivity contribution in [3.05, 3.63) is 23.3 Å². The van der Waals surface area contributed by atoms with E-state index in [0.29, 0.717) is 0 Å². The summed E-state index contributed by atoms with van der Waals surface area (Å²) in [5.41, 5.74) is 3.16. The average Bonchev–Trinajstić information content (AvgIpc) is 2.51. The van der Waals surface area contributed by atoms with E-state index in [9.17, 15) is 0 Å². The van der Waals surface area contributed by atoms with Gasteiger partial charge < -0.3 is 10.6 Å².